The van der Waals surface area contributed by atoms with Crippen molar-refractivity contribution in [1.82, 2.24) is 0 Å². The number of carbonyl (C=O) groups excluding carboxylic acids is 1. The summed E-state index contributed by atoms with van der Waals surface area (Å²) in [5, 5.41) is 25.4. The van der Waals surface area contributed by atoms with Crippen molar-refractivity contribution in [3.05, 3.63) is 66.2 Å². The molecule has 2 aromatic rings. The summed E-state index contributed by atoms with van der Waals surface area (Å²) in [7, 11) is 0. The first-order valence-electron chi connectivity index (χ1n) is 7.96. The lowest BCUT2D eigenvalue weighted by Gasteiger charge is -2.14. The number of nitriles is 2. The fourth-order valence-electron chi connectivity index (χ4n) is 4.08. The molecule has 2 aliphatic rings. The largest absolute Gasteiger partial charge is 0.271 e. The van der Waals surface area contributed by atoms with Crippen LogP contribution >= 0.6 is 0 Å². The van der Waals surface area contributed by atoms with Gasteiger partial charge in [-0.1, -0.05) is 48.5 Å². The van der Waals surface area contributed by atoms with Crippen LogP contribution in [0.25, 0.3) is 0 Å². The number of hydrogen-bond donors (Lipinski definition) is 0. The lowest BCUT2D eigenvalue weighted by Crippen LogP contribution is -2.32. The molecular weight excluding hydrogens is 312 g/mol. The van der Waals surface area contributed by atoms with E-state index in [0.29, 0.717) is 11.4 Å². The Morgan fingerprint density at radius 2 is 1.56 bits per heavy atom. The Bertz CT molecular complexity index is 954. The maximum atomic E-state index is 13.3. The second kappa shape index (κ2) is 5.03. The third-order valence-corrected chi connectivity index (χ3v) is 5.24. The highest BCUT2D eigenvalue weighted by Crippen LogP contribution is 2.76. The van der Waals surface area contributed by atoms with Gasteiger partial charge in [0.05, 0.1) is 23.5 Å². The van der Waals surface area contributed by atoms with E-state index < -0.39 is 16.7 Å². The summed E-state index contributed by atoms with van der Waals surface area (Å²) >= 11 is 0. The van der Waals surface area contributed by atoms with Crippen LogP contribution in [0, 0.1) is 33.5 Å². The number of hydrazone groups is 1. The molecule has 1 saturated carbocycles. The van der Waals surface area contributed by atoms with Gasteiger partial charge in [0.15, 0.2) is 5.41 Å². The van der Waals surface area contributed by atoms with Crippen molar-refractivity contribution in [3.8, 4) is 12.1 Å². The van der Waals surface area contributed by atoms with Crippen molar-refractivity contribution < 1.29 is 4.79 Å². The van der Waals surface area contributed by atoms with Gasteiger partial charge in [-0.25, -0.2) is 0 Å². The highest BCUT2D eigenvalue weighted by atomic mass is 16.2. The predicted octanol–water partition coefficient (Wildman–Crippen LogP) is 3.23. The summed E-state index contributed by atoms with van der Waals surface area (Å²) < 4.78 is 0. The summed E-state index contributed by atoms with van der Waals surface area (Å²) in [4.78, 5) is 13.3. The van der Waals surface area contributed by atoms with Gasteiger partial charge in [0.2, 0.25) is 0 Å². The zero-order valence-electron chi connectivity index (χ0n) is 13.5. The van der Waals surface area contributed by atoms with Gasteiger partial charge in [0.1, 0.15) is 5.41 Å². The molecule has 0 saturated heterocycles. The number of hydrogen-bond acceptors (Lipinski definition) is 4. The molecule has 0 unspecified atom stereocenters. The van der Waals surface area contributed by atoms with Crippen LogP contribution in [0.1, 0.15) is 18.4 Å². The van der Waals surface area contributed by atoms with E-state index in [2.05, 4.69) is 17.2 Å². The number of benzene rings is 2. The van der Waals surface area contributed by atoms with Gasteiger partial charge < -0.3 is 0 Å². The molecule has 1 heterocycles. The van der Waals surface area contributed by atoms with Gasteiger partial charge in [-0.15, -0.1) is 0 Å². The Kier molecular flexibility index (Phi) is 3.04. The molecule has 1 aliphatic heterocycles. The fraction of sp³-hybridized carbons (Fsp3) is 0.200. The summed E-state index contributed by atoms with van der Waals surface area (Å²) in [6, 6.07) is 22.6. The molecule has 120 valence electrons. The number of carbonyl (C=O) groups is 1. The number of para-hydroxylation sites is 1. The minimum absolute atomic E-state index is 0.312. The molecular formula is C20H14N4O. The van der Waals surface area contributed by atoms with Gasteiger partial charge >= 0.3 is 0 Å². The van der Waals surface area contributed by atoms with Crippen LogP contribution in [0.2, 0.25) is 0 Å². The molecule has 0 bridgehead atoms. The summed E-state index contributed by atoms with van der Waals surface area (Å²) in [6.45, 7) is 1.73. The van der Waals surface area contributed by atoms with Crippen molar-refractivity contribution in [2.45, 2.75) is 12.8 Å². The Hall–Kier alpha value is -3.44. The molecule has 25 heavy (non-hydrogen) atoms. The van der Waals surface area contributed by atoms with Crippen LogP contribution < -0.4 is 5.01 Å². The Labute approximate surface area is 145 Å². The quantitative estimate of drug-likeness (QED) is 0.849. The lowest BCUT2D eigenvalue weighted by molar-refractivity contribution is -0.121. The highest BCUT2D eigenvalue weighted by Gasteiger charge is 2.87. The van der Waals surface area contributed by atoms with Crippen molar-refractivity contribution in [2.24, 2.45) is 15.9 Å². The van der Waals surface area contributed by atoms with E-state index in [-0.39, 0.29) is 5.91 Å². The Balaban J connectivity index is 1.87. The zero-order chi connectivity index (χ0) is 17.7. The number of nitrogens with zero attached hydrogens (tertiary/aromatic N) is 4. The minimum Gasteiger partial charge on any atom is -0.271 e. The molecule has 0 aromatic heterocycles. The topological polar surface area (TPSA) is 80.2 Å². The lowest BCUT2D eigenvalue weighted by atomic mass is 9.90. The Morgan fingerprint density at radius 1 is 1.00 bits per heavy atom. The summed E-state index contributed by atoms with van der Waals surface area (Å²) in [5.41, 5.74) is -0.690. The van der Waals surface area contributed by atoms with Crippen LogP contribution in [0.3, 0.4) is 0 Å². The molecule has 2 aromatic carbocycles. The molecule has 1 amide bonds. The first-order valence-corrected chi connectivity index (χ1v) is 7.96. The third kappa shape index (κ3) is 1.65. The molecule has 1 spiro atoms. The van der Waals surface area contributed by atoms with E-state index >= 15 is 0 Å². The summed E-state index contributed by atoms with van der Waals surface area (Å²) in [6.07, 6.45) is 0. The van der Waals surface area contributed by atoms with E-state index in [1.807, 2.05) is 48.5 Å². The van der Waals surface area contributed by atoms with E-state index in [1.54, 1.807) is 19.1 Å². The van der Waals surface area contributed by atoms with E-state index in [1.165, 1.54) is 5.01 Å². The standard InChI is InChI=1S/C20H14N4O/c1-14-20(18(25)24(23-14)16-10-6-3-7-11-16)17(19(20,12-21)13-22)15-8-4-2-5-9-15/h2-11,17H,1H3/t17-,20+/m1/s1. The van der Waals surface area contributed by atoms with Crippen molar-refractivity contribution in [3.63, 3.8) is 0 Å². The van der Waals surface area contributed by atoms with Gasteiger partial charge in [-0.2, -0.15) is 20.6 Å². The average Bonchev–Trinajstić information content (AvgIpc) is 3.22. The number of rotatable bonds is 2. The first kappa shape index (κ1) is 15.1. The monoisotopic (exact) mass is 326 g/mol. The van der Waals surface area contributed by atoms with Crippen LogP contribution in [0.5, 0.6) is 0 Å². The highest BCUT2D eigenvalue weighted by molar-refractivity contribution is 6.24. The maximum absolute atomic E-state index is 13.3. The second-order valence-electron chi connectivity index (χ2n) is 6.32. The van der Waals surface area contributed by atoms with Gasteiger partial charge in [-0.05, 0) is 24.6 Å². The summed E-state index contributed by atoms with van der Waals surface area (Å²) in [5.74, 6) is -0.825. The molecule has 5 heteroatoms. The molecule has 0 N–H and O–H groups in total. The van der Waals surface area contributed by atoms with Gasteiger partial charge in [0, 0.05) is 5.92 Å². The van der Waals surface area contributed by atoms with E-state index in [4.69, 9.17) is 0 Å². The smallest absolute Gasteiger partial charge is 0.262 e. The van der Waals surface area contributed by atoms with Gasteiger partial charge in [-0.3, -0.25) is 4.79 Å². The normalized spacial score (nSPS) is 26.0. The van der Waals surface area contributed by atoms with Crippen LogP contribution in [-0.4, -0.2) is 11.6 Å². The average molecular weight is 326 g/mol. The molecule has 0 radical (unpaired) electrons. The van der Waals surface area contributed by atoms with Crippen molar-refractivity contribution in [2.75, 3.05) is 5.01 Å². The molecule has 5 nitrogen and oxygen atoms in total. The van der Waals surface area contributed by atoms with E-state index in [9.17, 15) is 15.3 Å². The zero-order valence-corrected chi connectivity index (χ0v) is 13.5. The van der Waals surface area contributed by atoms with Gasteiger partial charge in [0.25, 0.3) is 5.91 Å². The van der Waals surface area contributed by atoms with Crippen LogP contribution in [0.15, 0.2) is 65.8 Å². The first-order chi connectivity index (χ1) is 12.1. The number of amides is 1. The van der Waals surface area contributed by atoms with Crippen molar-refractivity contribution >= 4 is 17.3 Å². The molecule has 1 aliphatic carbocycles. The SMILES string of the molecule is CC1=NN(c2ccccc2)C(=O)[C@@]12[C@H](c1ccccc1)C2(C#N)C#N. The van der Waals surface area contributed by atoms with Crippen LogP contribution in [-0.2, 0) is 4.79 Å². The van der Waals surface area contributed by atoms with Crippen LogP contribution in [0.4, 0.5) is 5.69 Å². The van der Waals surface area contributed by atoms with Crippen molar-refractivity contribution in [1.29, 1.82) is 10.5 Å². The molecule has 1 fully saturated rings. The molecule has 4 rings (SSSR count). The fourth-order valence-corrected chi connectivity index (χ4v) is 4.08. The third-order valence-electron chi connectivity index (χ3n) is 5.24. The maximum Gasteiger partial charge on any atom is 0.262 e. The van der Waals surface area contributed by atoms with E-state index in [0.717, 1.165) is 5.56 Å². The minimum atomic E-state index is -1.43. The number of anilines is 1. The predicted molar refractivity (Wildman–Crippen MR) is 92.3 cm³/mol. The Morgan fingerprint density at radius 3 is 2.12 bits per heavy atom. The molecule has 2 atom stereocenters. The second-order valence-corrected chi connectivity index (χ2v) is 6.32.